The number of aliphatic hydroxyl groups is 1. The molecule has 0 bridgehead atoms. The highest BCUT2D eigenvalue weighted by molar-refractivity contribution is 5.66. The van der Waals surface area contributed by atoms with Gasteiger partial charge in [0.25, 0.3) is 0 Å². The molecule has 0 aromatic carbocycles. The number of rotatable bonds is 4. The summed E-state index contributed by atoms with van der Waals surface area (Å²) in [7, 11) is 1.19. The Morgan fingerprint density at radius 3 is 2.67 bits per heavy atom. The van der Waals surface area contributed by atoms with Gasteiger partial charge in [-0.15, -0.1) is 0 Å². The minimum atomic E-state index is -1.38. The quantitative estimate of drug-likeness (QED) is 0.305. The summed E-state index contributed by atoms with van der Waals surface area (Å²) in [6, 6.07) is 0. The van der Waals surface area contributed by atoms with Gasteiger partial charge < -0.3 is 10.2 Å². The molecule has 0 aliphatic heterocycles. The minimum Gasteiger partial charge on any atom is -0.481 e. The van der Waals surface area contributed by atoms with E-state index in [1.165, 1.54) is 7.11 Å². The first kappa shape index (κ1) is 8.35. The van der Waals surface area contributed by atoms with Crippen molar-refractivity contribution in [2.75, 3.05) is 7.11 Å². The van der Waals surface area contributed by atoms with Gasteiger partial charge in [0.15, 0.2) is 6.29 Å². The number of aliphatic carboxylic acids is 1. The van der Waals surface area contributed by atoms with Gasteiger partial charge in [0.2, 0.25) is 0 Å². The molecule has 0 aliphatic rings. The smallest absolute Gasteiger partial charge is 0.308 e. The molecule has 54 valence electrons. The third-order valence-corrected chi connectivity index (χ3v) is 0.557. The molecule has 0 fully saturated rings. The van der Waals surface area contributed by atoms with E-state index in [-0.39, 0.29) is 0 Å². The molecule has 0 amide bonds. The van der Waals surface area contributed by atoms with Gasteiger partial charge >= 0.3 is 5.97 Å². The number of carboxylic acids is 1. The van der Waals surface area contributed by atoms with Crippen LogP contribution in [0.15, 0.2) is 0 Å². The highest BCUT2D eigenvalue weighted by Crippen LogP contribution is 1.92. The lowest BCUT2D eigenvalue weighted by Gasteiger charge is -2.03. The molecule has 9 heavy (non-hydrogen) atoms. The molecule has 5 heteroatoms. The minimum absolute atomic E-state index is 0.478. The molecule has 5 nitrogen and oxygen atoms in total. The van der Waals surface area contributed by atoms with Crippen LogP contribution < -0.4 is 0 Å². The molecule has 0 spiro atoms. The molecule has 0 aromatic rings. The second kappa shape index (κ2) is 4.25. The Bertz CT molecular complexity index is 91.0. The summed E-state index contributed by atoms with van der Waals surface area (Å²) in [5.41, 5.74) is 0. The SMILES string of the molecule is COO[C@@H](O)CC(=O)O. The van der Waals surface area contributed by atoms with E-state index in [2.05, 4.69) is 9.78 Å². The molecule has 0 rings (SSSR count). The van der Waals surface area contributed by atoms with Crippen LogP contribution >= 0.6 is 0 Å². The van der Waals surface area contributed by atoms with Gasteiger partial charge in [-0.05, 0) is 0 Å². The number of carboxylic acid groups (broad SMARTS) is 1. The van der Waals surface area contributed by atoms with Crippen molar-refractivity contribution in [2.45, 2.75) is 12.7 Å². The van der Waals surface area contributed by atoms with Gasteiger partial charge in [0.1, 0.15) is 0 Å². The number of aliphatic hydroxyl groups excluding tert-OH is 1. The summed E-state index contributed by atoms with van der Waals surface area (Å²) in [5, 5.41) is 16.5. The number of hydrogen-bond acceptors (Lipinski definition) is 4. The molecule has 0 saturated heterocycles. The first-order valence-corrected chi connectivity index (χ1v) is 2.26. The predicted molar refractivity (Wildman–Crippen MR) is 26.4 cm³/mol. The molecule has 0 aliphatic carbocycles. The number of hydrogen-bond donors (Lipinski definition) is 2. The molecule has 0 heterocycles. The van der Waals surface area contributed by atoms with Crippen LogP contribution in [-0.4, -0.2) is 29.6 Å². The van der Waals surface area contributed by atoms with E-state index in [1.54, 1.807) is 0 Å². The van der Waals surface area contributed by atoms with Crippen LogP contribution in [-0.2, 0) is 14.6 Å². The maximum absolute atomic E-state index is 9.79. The van der Waals surface area contributed by atoms with Gasteiger partial charge in [-0.25, -0.2) is 9.78 Å². The van der Waals surface area contributed by atoms with Crippen molar-refractivity contribution in [3.05, 3.63) is 0 Å². The van der Waals surface area contributed by atoms with Crippen molar-refractivity contribution >= 4 is 5.97 Å². The van der Waals surface area contributed by atoms with Crippen molar-refractivity contribution in [1.29, 1.82) is 0 Å². The maximum Gasteiger partial charge on any atom is 0.308 e. The zero-order valence-electron chi connectivity index (χ0n) is 4.90. The number of carbonyl (C=O) groups is 1. The van der Waals surface area contributed by atoms with Crippen molar-refractivity contribution in [1.82, 2.24) is 0 Å². The van der Waals surface area contributed by atoms with Gasteiger partial charge in [-0.3, -0.25) is 4.79 Å². The molecule has 1 atom stereocenters. The fourth-order valence-corrected chi connectivity index (χ4v) is 0.294. The van der Waals surface area contributed by atoms with Crippen molar-refractivity contribution in [3.63, 3.8) is 0 Å². The Kier molecular flexibility index (Phi) is 3.94. The van der Waals surface area contributed by atoms with E-state index in [9.17, 15) is 4.79 Å². The second-order valence-electron chi connectivity index (χ2n) is 1.32. The summed E-state index contributed by atoms with van der Waals surface area (Å²) in [6.45, 7) is 0. The van der Waals surface area contributed by atoms with Crippen LogP contribution in [0.5, 0.6) is 0 Å². The molecule has 2 N–H and O–H groups in total. The Morgan fingerprint density at radius 1 is 1.78 bits per heavy atom. The second-order valence-corrected chi connectivity index (χ2v) is 1.32. The normalized spacial score (nSPS) is 13.1. The third kappa shape index (κ3) is 5.22. The zero-order chi connectivity index (χ0) is 7.28. The van der Waals surface area contributed by atoms with E-state index >= 15 is 0 Å². The molecule has 0 saturated carbocycles. The van der Waals surface area contributed by atoms with Crippen LogP contribution in [0.3, 0.4) is 0 Å². The fourth-order valence-electron chi connectivity index (χ4n) is 0.294. The Hall–Kier alpha value is -0.650. The van der Waals surface area contributed by atoms with Crippen molar-refractivity contribution in [2.24, 2.45) is 0 Å². The summed E-state index contributed by atoms with van der Waals surface area (Å²) >= 11 is 0. The topological polar surface area (TPSA) is 76.0 Å². The molecular formula is C4H8O5. The fraction of sp³-hybridized carbons (Fsp3) is 0.750. The lowest BCUT2D eigenvalue weighted by atomic mass is 10.4. The largest absolute Gasteiger partial charge is 0.481 e. The Morgan fingerprint density at radius 2 is 2.33 bits per heavy atom. The lowest BCUT2D eigenvalue weighted by Crippen LogP contribution is -2.15. The first-order valence-electron chi connectivity index (χ1n) is 2.26. The Balaban J connectivity index is 3.26. The summed E-state index contributed by atoms with van der Waals surface area (Å²) in [5.74, 6) is -1.14. The van der Waals surface area contributed by atoms with Crippen LogP contribution in [0, 0.1) is 0 Å². The van der Waals surface area contributed by atoms with Crippen molar-refractivity contribution in [3.8, 4) is 0 Å². The summed E-state index contributed by atoms with van der Waals surface area (Å²) in [6.07, 6.45) is -1.86. The van der Waals surface area contributed by atoms with E-state index in [0.29, 0.717) is 0 Å². The molecule has 0 unspecified atom stereocenters. The first-order chi connectivity index (χ1) is 4.16. The van der Waals surface area contributed by atoms with Crippen molar-refractivity contribution < 1.29 is 24.8 Å². The average molecular weight is 136 g/mol. The van der Waals surface area contributed by atoms with E-state index in [0.717, 1.165) is 0 Å². The Labute approximate surface area is 51.7 Å². The maximum atomic E-state index is 9.79. The van der Waals surface area contributed by atoms with Gasteiger partial charge in [0, 0.05) is 0 Å². The van der Waals surface area contributed by atoms with E-state index in [4.69, 9.17) is 10.2 Å². The lowest BCUT2D eigenvalue weighted by molar-refractivity contribution is -0.353. The summed E-state index contributed by atoms with van der Waals surface area (Å²) < 4.78 is 0. The third-order valence-electron chi connectivity index (χ3n) is 0.557. The highest BCUT2D eigenvalue weighted by atomic mass is 17.2. The van der Waals surface area contributed by atoms with Crippen LogP contribution in [0.4, 0.5) is 0 Å². The average Bonchev–Trinajstić information content (AvgIpc) is 1.63. The van der Waals surface area contributed by atoms with E-state index < -0.39 is 18.7 Å². The zero-order valence-corrected chi connectivity index (χ0v) is 4.90. The molecular weight excluding hydrogens is 128 g/mol. The molecule has 0 aromatic heterocycles. The summed E-state index contributed by atoms with van der Waals surface area (Å²) in [4.78, 5) is 17.8. The molecule has 0 radical (unpaired) electrons. The van der Waals surface area contributed by atoms with Gasteiger partial charge in [0.05, 0.1) is 13.5 Å². The van der Waals surface area contributed by atoms with Gasteiger partial charge in [-0.1, -0.05) is 0 Å². The van der Waals surface area contributed by atoms with Crippen LogP contribution in [0.1, 0.15) is 6.42 Å². The van der Waals surface area contributed by atoms with Crippen LogP contribution in [0.2, 0.25) is 0 Å². The van der Waals surface area contributed by atoms with E-state index in [1.807, 2.05) is 0 Å². The highest BCUT2D eigenvalue weighted by Gasteiger charge is 2.08. The predicted octanol–water partition coefficient (Wildman–Crippen LogP) is -0.643. The van der Waals surface area contributed by atoms with Crippen LogP contribution in [0.25, 0.3) is 0 Å². The monoisotopic (exact) mass is 136 g/mol. The standard InChI is InChI=1S/C4H8O5/c1-8-9-4(7)2-3(5)6/h4,7H,2H2,1H3,(H,5,6)/t4-/m1/s1. The van der Waals surface area contributed by atoms with Gasteiger partial charge in [-0.2, -0.15) is 0 Å².